The van der Waals surface area contributed by atoms with E-state index in [9.17, 15) is 9.18 Å². The number of rotatable bonds is 5. The molecular weight excluding hydrogens is 263 g/mol. The van der Waals surface area contributed by atoms with E-state index >= 15 is 0 Å². The van der Waals surface area contributed by atoms with Crippen molar-refractivity contribution in [2.75, 3.05) is 18.8 Å². The Morgan fingerprint density at radius 3 is 2.89 bits per heavy atom. The summed E-state index contributed by atoms with van der Waals surface area (Å²) in [5.41, 5.74) is 0.600. The molecule has 1 aliphatic rings. The first-order valence-corrected chi connectivity index (χ1v) is 7.53. The molecule has 1 fully saturated rings. The number of hydrogen-bond acceptors (Lipinski definition) is 3. The molecule has 3 nitrogen and oxygen atoms in total. The lowest BCUT2D eigenvalue weighted by Crippen LogP contribution is -2.37. The minimum atomic E-state index is -0.239. The lowest BCUT2D eigenvalue weighted by atomic mass is 10.2. The van der Waals surface area contributed by atoms with Gasteiger partial charge in [0.15, 0.2) is 0 Å². The zero-order chi connectivity index (χ0) is 13.8. The molecule has 0 unspecified atom stereocenters. The predicted octanol–water partition coefficient (Wildman–Crippen LogP) is 2.40. The molecule has 104 valence electrons. The van der Waals surface area contributed by atoms with Gasteiger partial charge in [0.1, 0.15) is 11.2 Å². The molecule has 1 saturated heterocycles. The van der Waals surface area contributed by atoms with Crippen LogP contribution in [0.5, 0.6) is 0 Å². The van der Waals surface area contributed by atoms with Crippen LogP contribution in [-0.4, -0.2) is 35.7 Å². The van der Waals surface area contributed by atoms with E-state index in [0.29, 0.717) is 23.9 Å². The van der Waals surface area contributed by atoms with E-state index in [4.69, 9.17) is 0 Å². The van der Waals surface area contributed by atoms with E-state index in [0.717, 1.165) is 6.54 Å². The van der Waals surface area contributed by atoms with Gasteiger partial charge in [-0.1, -0.05) is 32.0 Å². The summed E-state index contributed by atoms with van der Waals surface area (Å²) in [6.07, 6.45) is 0. The van der Waals surface area contributed by atoms with Crippen LogP contribution in [-0.2, 0) is 4.79 Å². The average Bonchev–Trinajstić information content (AvgIpc) is 2.72. The third kappa shape index (κ3) is 3.48. The Morgan fingerprint density at radius 1 is 1.47 bits per heavy atom. The van der Waals surface area contributed by atoms with Gasteiger partial charge < -0.3 is 10.2 Å². The molecule has 1 N–H and O–H groups in total. The number of hydrogen-bond donors (Lipinski definition) is 1. The maximum Gasteiger partial charge on any atom is 0.233 e. The SMILES string of the molecule is CC(C)NCCN1C(=O)CS[C@@H]1c1ccccc1F. The Hall–Kier alpha value is -1.07. The number of carbonyl (C=O) groups is 1. The van der Waals surface area contributed by atoms with Gasteiger partial charge in [-0.2, -0.15) is 0 Å². The van der Waals surface area contributed by atoms with Crippen molar-refractivity contribution in [2.45, 2.75) is 25.3 Å². The second-order valence-corrected chi connectivity index (χ2v) is 5.95. The highest BCUT2D eigenvalue weighted by Crippen LogP contribution is 2.39. The van der Waals surface area contributed by atoms with Crippen LogP contribution in [0.1, 0.15) is 24.8 Å². The molecule has 5 heteroatoms. The van der Waals surface area contributed by atoms with Crippen molar-refractivity contribution in [3.05, 3.63) is 35.6 Å². The molecule has 0 bridgehead atoms. The first-order chi connectivity index (χ1) is 9.09. The molecule has 0 radical (unpaired) electrons. The molecule has 0 saturated carbocycles. The molecule has 0 spiro atoms. The van der Waals surface area contributed by atoms with Gasteiger partial charge in [0, 0.05) is 24.7 Å². The van der Waals surface area contributed by atoms with Crippen molar-refractivity contribution in [1.82, 2.24) is 10.2 Å². The number of amides is 1. The van der Waals surface area contributed by atoms with Crippen LogP contribution in [0, 0.1) is 5.82 Å². The lowest BCUT2D eigenvalue weighted by Gasteiger charge is -2.25. The molecule has 0 aliphatic carbocycles. The maximum atomic E-state index is 13.8. The maximum absolute atomic E-state index is 13.8. The van der Waals surface area contributed by atoms with Crippen LogP contribution in [0.3, 0.4) is 0 Å². The fourth-order valence-corrected chi connectivity index (χ4v) is 3.34. The standard InChI is InChI=1S/C14H19FN2OS/c1-10(2)16-7-8-17-13(18)9-19-14(17)11-5-3-4-6-12(11)15/h3-6,10,14,16H,7-9H2,1-2H3/t14-/m1/s1. The fourth-order valence-electron chi connectivity index (χ4n) is 2.10. The Morgan fingerprint density at radius 2 is 2.21 bits per heavy atom. The molecule has 1 atom stereocenters. The lowest BCUT2D eigenvalue weighted by molar-refractivity contribution is -0.128. The minimum absolute atomic E-state index is 0.0869. The first-order valence-electron chi connectivity index (χ1n) is 6.48. The van der Waals surface area contributed by atoms with Crippen molar-refractivity contribution in [3.63, 3.8) is 0 Å². The van der Waals surface area contributed by atoms with Crippen LogP contribution in [0.2, 0.25) is 0 Å². The van der Waals surface area contributed by atoms with E-state index < -0.39 is 0 Å². The summed E-state index contributed by atoms with van der Waals surface area (Å²) in [5.74, 6) is 0.279. The third-order valence-corrected chi connectivity index (χ3v) is 4.28. The second-order valence-electron chi connectivity index (χ2n) is 4.88. The number of benzene rings is 1. The topological polar surface area (TPSA) is 32.3 Å². The number of nitrogens with zero attached hydrogens (tertiary/aromatic N) is 1. The molecular formula is C14H19FN2OS. The smallest absolute Gasteiger partial charge is 0.233 e. The van der Waals surface area contributed by atoms with E-state index in [1.165, 1.54) is 17.8 Å². The van der Waals surface area contributed by atoms with Crippen LogP contribution >= 0.6 is 11.8 Å². The Kier molecular flexibility index (Phi) is 4.82. The molecule has 1 heterocycles. The minimum Gasteiger partial charge on any atom is -0.324 e. The summed E-state index contributed by atoms with van der Waals surface area (Å²) >= 11 is 1.49. The van der Waals surface area contributed by atoms with Gasteiger partial charge in [0.2, 0.25) is 5.91 Å². The van der Waals surface area contributed by atoms with Gasteiger partial charge in [-0.25, -0.2) is 4.39 Å². The molecule has 2 rings (SSSR count). The molecule has 1 aliphatic heterocycles. The predicted molar refractivity (Wildman–Crippen MR) is 76.5 cm³/mol. The summed E-state index contributed by atoms with van der Waals surface area (Å²) in [6, 6.07) is 7.08. The largest absolute Gasteiger partial charge is 0.324 e. The number of nitrogens with one attached hydrogen (secondary N) is 1. The summed E-state index contributed by atoms with van der Waals surface area (Å²) in [6.45, 7) is 5.47. The monoisotopic (exact) mass is 282 g/mol. The average molecular weight is 282 g/mol. The van der Waals surface area contributed by atoms with Gasteiger partial charge in [-0.05, 0) is 6.07 Å². The van der Waals surface area contributed by atoms with Crippen LogP contribution < -0.4 is 5.32 Å². The Bertz CT molecular complexity index is 453. The number of halogens is 1. The van der Waals surface area contributed by atoms with E-state index in [-0.39, 0.29) is 17.1 Å². The summed E-state index contributed by atoms with van der Waals surface area (Å²) in [5, 5.41) is 3.09. The van der Waals surface area contributed by atoms with Crippen LogP contribution in [0.15, 0.2) is 24.3 Å². The van der Waals surface area contributed by atoms with Gasteiger partial charge in [-0.3, -0.25) is 4.79 Å². The van der Waals surface area contributed by atoms with Crippen LogP contribution in [0.25, 0.3) is 0 Å². The number of carbonyl (C=O) groups excluding carboxylic acids is 1. The summed E-state index contributed by atoms with van der Waals surface area (Å²) in [4.78, 5) is 13.7. The summed E-state index contributed by atoms with van der Waals surface area (Å²) < 4.78 is 13.8. The van der Waals surface area contributed by atoms with Crippen molar-refractivity contribution >= 4 is 17.7 Å². The van der Waals surface area contributed by atoms with Crippen LogP contribution in [0.4, 0.5) is 4.39 Å². The molecule has 19 heavy (non-hydrogen) atoms. The van der Waals surface area contributed by atoms with E-state index in [1.54, 1.807) is 17.0 Å². The van der Waals surface area contributed by atoms with E-state index in [1.807, 2.05) is 6.07 Å². The first kappa shape index (κ1) is 14.3. The highest BCUT2D eigenvalue weighted by molar-refractivity contribution is 8.00. The molecule has 1 amide bonds. The van der Waals surface area contributed by atoms with Crippen molar-refractivity contribution in [2.24, 2.45) is 0 Å². The van der Waals surface area contributed by atoms with Crippen molar-refractivity contribution in [3.8, 4) is 0 Å². The quantitative estimate of drug-likeness (QED) is 0.900. The zero-order valence-electron chi connectivity index (χ0n) is 11.2. The highest BCUT2D eigenvalue weighted by Gasteiger charge is 2.33. The third-order valence-electron chi connectivity index (χ3n) is 3.04. The van der Waals surface area contributed by atoms with Gasteiger partial charge in [-0.15, -0.1) is 11.8 Å². The zero-order valence-corrected chi connectivity index (χ0v) is 12.0. The van der Waals surface area contributed by atoms with Crippen molar-refractivity contribution < 1.29 is 9.18 Å². The van der Waals surface area contributed by atoms with Gasteiger partial charge in [0.25, 0.3) is 0 Å². The summed E-state index contributed by atoms with van der Waals surface area (Å²) in [7, 11) is 0. The fraction of sp³-hybridized carbons (Fsp3) is 0.500. The highest BCUT2D eigenvalue weighted by atomic mass is 32.2. The molecule has 0 aromatic heterocycles. The van der Waals surface area contributed by atoms with Gasteiger partial charge >= 0.3 is 0 Å². The van der Waals surface area contributed by atoms with E-state index in [2.05, 4.69) is 19.2 Å². The van der Waals surface area contributed by atoms with Gasteiger partial charge in [0.05, 0.1) is 5.75 Å². The number of thioether (sulfide) groups is 1. The molecule has 1 aromatic carbocycles. The second kappa shape index (κ2) is 6.39. The van der Waals surface area contributed by atoms with Crippen molar-refractivity contribution in [1.29, 1.82) is 0 Å². The molecule has 1 aromatic rings. The Balaban J connectivity index is 2.07. The Labute approximate surface area is 117 Å². The normalized spacial score (nSPS) is 19.5.